The predicted octanol–water partition coefficient (Wildman–Crippen LogP) is 3.60. The van der Waals surface area contributed by atoms with Gasteiger partial charge >= 0.3 is 0 Å². The molecule has 1 N–H and O–H groups in total. The van der Waals surface area contributed by atoms with Crippen LogP contribution in [0.25, 0.3) is 10.1 Å². The first-order chi connectivity index (χ1) is 7.93. The van der Waals surface area contributed by atoms with E-state index in [1.807, 2.05) is 18.0 Å². The van der Waals surface area contributed by atoms with Crippen LogP contribution < -0.4 is 5.32 Å². The Bertz CT molecular complexity index is 475. The van der Waals surface area contributed by atoms with Gasteiger partial charge in [-0.1, -0.05) is 0 Å². The topological polar surface area (TPSA) is 24.9 Å². The van der Waals surface area contributed by atoms with Gasteiger partial charge in [-0.25, -0.2) is 4.98 Å². The van der Waals surface area contributed by atoms with Gasteiger partial charge in [0.15, 0.2) is 0 Å². The average molecular weight is 250 g/mol. The van der Waals surface area contributed by atoms with Gasteiger partial charge in [-0.2, -0.15) is 11.8 Å². The first-order valence-electron chi connectivity index (χ1n) is 5.60. The van der Waals surface area contributed by atoms with E-state index in [1.54, 1.807) is 11.3 Å². The molecule has 1 saturated heterocycles. The highest BCUT2D eigenvalue weighted by molar-refractivity contribution is 7.99. The van der Waals surface area contributed by atoms with Crippen LogP contribution in [0.2, 0.25) is 0 Å². The Balaban J connectivity index is 1.85. The summed E-state index contributed by atoms with van der Waals surface area (Å²) in [4.78, 5) is 4.46. The van der Waals surface area contributed by atoms with E-state index in [0.717, 1.165) is 5.82 Å². The number of nitrogens with one attached hydrogen (secondary N) is 1. The summed E-state index contributed by atoms with van der Waals surface area (Å²) in [5.41, 5.74) is 0. The molecule has 0 saturated carbocycles. The maximum absolute atomic E-state index is 4.46. The van der Waals surface area contributed by atoms with E-state index < -0.39 is 0 Å². The number of nitrogens with zero attached hydrogens (tertiary/aromatic N) is 1. The van der Waals surface area contributed by atoms with Gasteiger partial charge in [0.1, 0.15) is 5.82 Å². The van der Waals surface area contributed by atoms with Crippen molar-refractivity contribution in [3.05, 3.63) is 23.7 Å². The van der Waals surface area contributed by atoms with E-state index in [0.29, 0.717) is 6.04 Å². The zero-order valence-corrected chi connectivity index (χ0v) is 10.6. The predicted molar refractivity (Wildman–Crippen MR) is 73.6 cm³/mol. The van der Waals surface area contributed by atoms with E-state index in [1.165, 1.54) is 34.4 Å². The first-order valence-corrected chi connectivity index (χ1v) is 7.63. The highest BCUT2D eigenvalue weighted by Gasteiger charge is 2.14. The minimum atomic E-state index is 0.594. The molecule has 0 bridgehead atoms. The highest BCUT2D eigenvalue weighted by Crippen LogP contribution is 2.28. The van der Waals surface area contributed by atoms with Crippen LogP contribution in [0.5, 0.6) is 0 Å². The second-order valence-electron chi connectivity index (χ2n) is 4.05. The Morgan fingerprint density at radius 3 is 3.25 bits per heavy atom. The van der Waals surface area contributed by atoms with Crippen molar-refractivity contribution >= 4 is 39.0 Å². The minimum Gasteiger partial charge on any atom is -0.366 e. The van der Waals surface area contributed by atoms with Crippen LogP contribution >= 0.6 is 23.1 Å². The van der Waals surface area contributed by atoms with Crippen molar-refractivity contribution < 1.29 is 0 Å². The summed E-state index contributed by atoms with van der Waals surface area (Å²) in [6.45, 7) is 0. The van der Waals surface area contributed by atoms with Crippen molar-refractivity contribution in [1.82, 2.24) is 4.98 Å². The number of anilines is 1. The van der Waals surface area contributed by atoms with Crippen LogP contribution in [0, 0.1) is 0 Å². The molecule has 2 nitrogen and oxygen atoms in total. The Morgan fingerprint density at radius 1 is 1.38 bits per heavy atom. The number of hydrogen-bond donors (Lipinski definition) is 1. The van der Waals surface area contributed by atoms with Crippen LogP contribution in [0.3, 0.4) is 0 Å². The Labute approximate surface area is 103 Å². The van der Waals surface area contributed by atoms with Crippen LogP contribution in [0.1, 0.15) is 12.8 Å². The number of pyridine rings is 1. The lowest BCUT2D eigenvalue weighted by Crippen LogP contribution is -2.26. The summed E-state index contributed by atoms with van der Waals surface area (Å²) in [7, 11) is 0. The monoisotopic (exact) mass is 250 g/mol. The second kappa shape index (κ2) is 4.63. The molecule has 16 heavy (non-hydrogen) atoms. The van der Waals surface area contributed by atoms with Crippen LogP contribution in [0.15, 0.2) is 23.7 Å². The van der Waals surface area contributed by atoms with Gasteiger partial charge in [0.25, 0.3) is 0 Å². The molecule has 0 amide bonds. The largest absolute Gasteiger partial charge is 0.366 e. The molecule has 1 atom stereocenters. The van der Waals surface area contributed by atoms with Gasteiger partial charge in [0.2, 0.25) is 0 Å². The zero-order valence-electron chi connectivity index (χ0n) is 8.98. The van der Waals surface area contributed by atoms with E-state index in [4.69, 9.17) is 0 Å². The van der Waals surface area contributed by atoms with Gasteiger partial charge in [0.05, 0.1) is 0 Å². The molecule has 0 spiro atoms. The number of thioether (sulfide) groups is 1. The van der Waals surface area contributed by atoms with Gasteiger partial charge in [0, 0.05) is 28.1 Å². The minimum absolute atomic E-state index is 0.594. The van der Waals surface area contributed by atoms with Crippen LogP contribution in [-0.2, 0) is 0 Å². The number of hydrogen-bond acceptors (Lipinski definition) is 4. The van der Waals surface area contributed by atoms with Crippen LogP contribution in [0.4, 0.5) is 5.82 Å². The SMILES string of the molecule is c1cc2sccc2c(NC2CCCSC2)n1. The third-order valence-corrected chi connectivity index (χ3v) is 4.98. The lowest BCUT2D eigenvalue weighted by Gasteiger charge is -2.23. The van der Waals surface area contributed by atoms with Gasteiger partial charge in [-0.05, 0) is 36.1 Å². The number of thiophene rings is 1. The lowest BCUT2D eigenvalue weighted by molar-refractivity contribution is 0.683. The molecule has 3 rings (SSSR count). The van der Waals surface area contributed by atoms with Crippen molar-refractivity contribution in [2.24, 2.45) is 0 Å². The van der Waals surface area contributed by atoms with E-state index in [-0.39, 0.29) is 0 Å². The third-order valence-electron chi connectivity index (χ3n) is 2.88. The molecule has 1 aliphatic rings. The van der Waals surface area contributed by atoms with E-state index in [9.17, 15) is 0 Å². The van der Waals surface area contributed by atoms with Gasteiger partial charge < -0.3 is 5.32 Å². The zero-order chi connectivity index (χ0) is 10.8. The molecule has 1 unspecified atom stereocenters. The normalized spacial score (nSPS) is 21.1. The Morgan fingerprint density at radius 2 is 2.38 bits per heavy atom. The van der Waals surface area contributed by atoms with Crippen molar-refractivity contribution in [2.75, 3.05) is 16.8 Å². The molecule has 1 fully saturated rings. The fourth-order valence-corrected chi connectivity index (χ4v) is 3.91. The van der Waals surface area contributed by atoms with Crippen molar-refractivity contribution in [2.45, 2.75) is 18.9 Å². The number of rotatable bonds is 2. The fraction of sp³-hybridized carbons (Fsp3) is 0.417. The molecule has 3 heterocycles. The Hall–Kier alpha value is -0.740. The number of aromatic nitrogens is 1. The molecule has 1 aliphatic heterocycles. The summed E-state index contributed by atoms with van der Waals surface area (Å²) < 4.78 is 1.32. The summed E-state index contributed by atoms with van der Waals surface area (Å²) in [5.74, 6) is 3.59. The Kier molecular flexibility index (Phi) is 3.02. The quantitative estimate of drug-likeness (QED) is 0.881. The molecular weight excluding hydrogens is 236 g/mol. The third kappa shape index (κ3) is 2.04. The first kappa shape index (κ1) is 10.4. The number of fused-ring (bicyclic) bond motifs is 1. The van der Waals surface area contributed by atoms with Gasteiger partial charge in [-0.3, -0.25) is 0 Å². The molecule has 2 aromatic rings. The van der Waals surface area contributed by atoms with Crippen molar-refractivity contribution in [1.29, 1.82) is 0 Å². The molecule has 0 aromatic carbocycles. The fourth-order valence-electron chi connectivity index (χ4n) is 2.06. The maximum atomic E-state index is 4.46. The average Bonchev–Trinajstić information content (AvgIpc) is 2.80. The molecule has 2 aromatic heterocycles. The van der Waals surface area contributed by atoms with Gasteiger partial charge in [-0.15, -0.1) is 11.3 Å². The second-order valence-corrected chi connectivity index (χ2v) is 6.15. The summed E-state index contributed by atoms with van der Waals surface area (Å²) >= 11 is 3.82. The van der Waals surface area contributed by atoms with Crippen LogP contribution in [-0.4, -0.2) is 22.5 Å². The molecule has 0 radical (unpaired) electrons. The summed E-state index contributed by atoms with van der Waals surface area (Å²) in [6, 6.07) is 4.84. The highest BCUT2D eigenvalue weighted by atomic mass is 32.2. The van der Waals surface area contributed by atoms with E-state index in [2.05, 4.69) is 27.8 Å². The summed E-state index contributed by atoms with van der Waals surface area (Å²) in [5, 5.41) is 6.98. The van der Waals surface area contributed by atoms with Crippen molar-refractivity contribution in [3.8, 4) is 0 Å². The standard InChI is InChI=1S/C12H14N2S2/c1-2-9(8-15-6-1)14-12-10-4-7-16-11(10)3-5-13-12/h3-5,7,9H,1-2,6,8H2,(H,13,14). The lowest BCUT2D eigenvalue weighted by atomic mass is 10.2. The smallest absolute Gasteiger partial charge is 0.134 e. The molecule has 4 heteroatoms. The maximum Gasteiger partial charge on any atom is 0.134 e. The summed E-state index contributed by atoms with van der Waals surface area (Å²) in [6.07, 6.45) is 4.49. The molecular formula is C12H14N2S2. The molecule has 0 aliphatic carbocycles. The van der Waals surface area contributed by atoms with Crippen molar-refractivity contribution in [3.63, 3.8) is 0 Å². The van der Waals surface area contributed by atoms with E-state index >= 15 is 0 Å². The molecule has 84 valence electrons.